The Labute approximate surface area is 128 Å². The number of aromatic nitrogens is 3. The minimum absolute atomic E-state index is 0.407. The fourth-order valence-corrected chi connectivity index (χ4v) is 1.99. The van der Waals surface area contributed by atoms with Crippen LogP contribution >= 0.6 is 0 Å². The number of nitrogens with one attached hydrogen (secondary N) is 1. The molecular formula is C16H15N5O. The molecule has 0 aliphatic carbocycles. The molecule has 3 N–H and O–H groups in total. The molecule has 22 heavy (non-hydrogen) atoms. The molecule has 0 atom stereocenters. The fraction of sp³-hybridized carbons (Fsp3) is 0.0625. The minimum atomic E-state index is 0.407. The molecule has 6 heteroatoms. The van der Waals surface area contributed by atoms with Crippen molar-refractivity contribution in [2.24, 2.45) is 0 Å². The summed E-state index contributed by atoms with van der Waals surface area (Å²) in [5.41, 5.74) is 7.48. The van der Waals surface area contributed by atoms with Crippen molar-refractivity contribution >= 4 is 17.3 Å². The van der Waals surface area contributed by atoms with E-state index in [-0.39, 0.29) is 0 Å². The lowest BCUT2D eigenvalue weighted by atomic mass is 10.2. The fourth-order valence-electron chi connectivity index (χ4n) is 1.99. The Bertz CT molecular complexity index is 773. The molecule has 0 aliphatic heterocycles. The third-order valence-corrected chi connectivity index (χ3v) is 3.10. The molecule has 2 aromatic heterocycles. The molecule has 110 valence electrons. The number of hydrogen-bond acceptors (Lipinski definition) is 6. The first kappa shape index (κ1) is 13.8. The topological polar surface area (TPSA) is 86.0 Å². The number of ether oxygens (including phenoxy) is 1. The number of rotatable bonds is 4. The highest BCUT2D eigenvalue weighted by Crippen LogP contribution is 2.23. The van der Waals surface area contributed by atoms with Gasteiger partial charge in [0.25, 0.3) is 0 Å². The molecule has 0 amide bonds. The van der Waals surface area contributed by atoms with Gasteiger partial charge in [-0.05, 0) is 42.5 Å². The Morgan fingerprint density at radius 1 is 1.00 bits per heavy atom. The normalized spacial score (nSPS) is 10.2. The molecule has 0 spiro atoms. The van der Waals surface area contributed by atoms with Crippen LogP contribution < -0.4 is 15.8 Å². The predicted octanol–water partition coefficient (Wildman–Crippen LogP) is 2.87. The Morgan fingerprint density at radius 3 is 2.55 bits per heavy atom. The van der Waals surface area contributed by atoms with Crippen molar-refractivity contribution < 1.29 is 4.74 Å². The van der Waals surface area contributed by atoms with Crippen molar-refractivity contribution in [1.82, 2.24) is 15.0 Å². The Hall–Kier alpha value is -3.15. The minimum Gasteiger partial charge on any atom is -0.497 e. The molecule has 3 rings (SSSR count). The van der Waals surface area contributed by atoms with E-state index < -0.39 is 0 Å². The van der Waals surface area contributed by atoms with Gasteiger partial charge in [0.15, 0.2) is 5.82 Å². The molecule has 0 saturated carbocycles. The smallest absolute Gasteiger partial charge is 0.165 e. The number of hydrogen-bond donors (Lipinski definition) is 2. The number of nitrogen functional groups attached to an aromatic ring is 1. The van der Waals surface area contributed by atoms with E-state index in [1.165, 1.54) is 0 Å². The van der Waals surface area contributed by atoms with Crippen LogP contribution in [0.3, 0.4) is 0 Å². The molecule has 0 saturated heterocycles. The molecular weight excluding hydrogens is 278 g/mol. The van der Waals surface area contributed by atoms with Gasteiger partial charge in [-0.1, -0.05) is 0 Å². The van der Waals surface area contributed by atoms with Crippen LogP contribution in [0, 0.1) is 0 Å². The van der Waals surface area contributed by atoms with Crippen molar-refractivity contribution in [2.45, 2.75) is 0 Å². The number of benzene rings is 1. The number of nitrogens with two attached hydrogens (primary N) is 1. The van der Waals surface area contributed by atoms with E-state index in [1.54, 1.807) is 31.6 Å². The van der Waals surface area contributed by atoms with Gasteiger partial charge in [0.2, 0.25) is 0 Å². The van der Waals surface area contributed by atoms with Gasteiger partial charge < -0.3 is 15.8 Å². The van der Waals surface area contributed by atoms with Crippen LogP contribution in [0.4, 0.5) is 17.3 Å². The van der Waals surface area contributed by atoms with E-state index in [4.69, 9.17) is 10.5 Å². The lowest BCUT2D eigenvalue weighted by Gasteiger charge is -2.08. The molecule has 6 nitrogen and oxygen atoms in total. The second kappa shape index (κ2) is 6.09. The highest BCUT2D eigenvalue weighted by molar-refractivity contribution is 5.69. The Morgan fingerprint density at radius 2 is 1.82 bits per heavy atom. The van der Waals surface area contributed by atoms with E-state index >= 15 is 0 Å². The summed E-state index contributed by atoms with van der Waals surface area (Å²) in [6, 6.07) is 13.0. The zero-order chi connectivity index (χ0) is 15.4. The third-order valence-electron chi connectivity index (χ3n) is 3.10. The van der Waals surface area contributed by atoms with Gasteiger partial charge in [0.05, 0.1) is 12.7 Å². The average molecular weight is 293 g/mol. The van der Waals surface area contributed by atoms with Crippen LogP contribution in [-0.4, -0.2) is 22.1 Å². The molecule has 1 aromatic carbocycles. The summed E-state index contributed by atoms with van der Waals surface area (Å²) in [6.45, 7) is 0. The maximum Gasteiger partial charge on any atom is 0.165 e. The van der Waals surface area contributed by atoms with Crippen LogP contribution in [0.2, 0.25) is 0 Å². The maximum absolute atomic E-state index is 5.86. The zero-order valence-electron chi connectivity index (χ0n) is 12.0. The summed E-state index contributed by atoms with van der Waals surface area (Å²) in [4.78, 5) is 12.8. The number of nitrogens with zero attached hydrogens (tertiary/aromatic N) is 3. The van der Waals surface area contributed by atoms with E-state index in [0.29, 0.717) is 23.0 Å². The van der Waals surface area contributed by atoms with Crippen molar-refractivity contribution in [3.8, 4) is 17.1 Å². The van der Waals surface area contributed by atoms with Crippen LogP contribution in [0.1, 0.15) is 0 Å². The summed E-state index contributed by atoms with van der Waals surface area (Å²) in [7, 11) is 1.64. The molecule has 0 fully saturated rings. The predicted molar refractivity (Wildman–Crippen MR) is 86.0 cm³/mol. The largest absolute Gasteiger partial charge is 0.497 e. The second-order valence-electron chi connectivity index (χ2n) is 4.56. The van der Waals surface area contributed by atoms with Crippen LogP contribution in [-0.2, 0) is 0 Å². The van der Waals surface area contributed by atoms with E-state index in [2.05, 4.69) is 20.3 Å². The number of pyridine rings is 1. The first-order valence-electron chi connectivity index (χ1n) is 6.71. The SMILES string of the molecule is COc1ccc(Nc2ccnc(-c3cccnc3N)n2)cc1. The Balaban J connectivity index is 1.86. The number of anilines is 3. The van der Waals surface area contributed by atoms with Gasteiger partial charge in [0.1, 0.15) is 17.4 Å². The van der Waals surface area contributed by atoms with E-state index in [1.807, 2.05) is 30.3 Å². The average Bonchev–Trinajstić information content (AvgIpc) is 2.56. The van der Waals surface area contributed by atoms with Crippen LogP contribution in [0.5, 0.6) is 5.75 Å². The van der Waals surface area contributed by atoms with Crippen LogP contribution in [0.15, 0.2) is 54.9 Å². The Kier molecular flexibility index (Phi) is 3.82. The van der Waals surface area contributed by atoms with Crippen molar-refractivity contribution in [1.29, 1.82) is 0 Å². The zero-order valence-corrected chi connectivity index (χ0v) is 12.0. The van der Waals surface area contributed by atoms with Gasteiger partial charge in [-0.15, -0.1) is 0 Å². The number of methoxy groups -OCH3 is 1. The monoisotopic (exact) mass is 293 g/mol. The van der Waals surface area contributed by atoms with Gasteiger partial charge in [0, 0.05) is 18.1 Å². The lowest BCUT2D eigenvalue weighted by Crippen LogP contribution is -1.99. The standard InChI is InChI=1S/C16H15N5O/c1-22-12-6-4-11(5-7-12)20-14-8-10-19-16(21-14)13-3-2-9-18-15(13)17/h2-10H,1H3,(H2,17,18)(H,19,20,21). The molecule has 0 bridgehead atoms. The second-order valence-corrected chi connectivity index (χ2v) is 4.56. The summed E-state index contributed by atoms with van der Waals surface area (Å²) < 4.78 is 5.14. The van der Waals surface area contributed by atoms with Crippen LogP contribution in [0.25, 0.3) is 11.4 Å². The van der Waals surface area contributed by atoms with Gasteiger partial charge in [-0.25, -0.2) is 15.0 Å². The van der Waals surface area contributed by atoms with E-state index in [9.17, 15) is 0 Å². The lowest BCUT2D eigenvalue weighted by molar-refractivity contribution is 0.415. The van der Waals surface area contributed by atoms with E-state index in [0.717, 1.165) is 11.4 Å². The van der Waals surface area contributed by atoms with Crippen molar-refractivity contribution in [3.63, 3.8) is 0 Å². The van der Waals surface area contributed by atoms with Gasteiger partial charge in [-0.3, -0.25) is 0 Å². The molecule has 0 radical (unpaired) electrons. The van der Waals surface area contributed by atoms with Crippen molar-refractivity contribution in [2.75, 3.05) is 18.2 Å². The summed E-state index contributed by atoms with van der Waals surface area (Å²) in [5.74, 6) is 2.42. The van der Waals surface area contributed by atoms with Gasteiger partial charge >= 0.3 is 0 Å². The first-order valence-corrected chi connectivity index (χ1v) is 6.71. The first-order chi connectivity index (χ1) is 10.8. The maximum atomic E-state index is 5.86. The van der Waals surface area contributed by atoms with Crippen molar-refractivity contribution in [3.05, 3.63) is 54.9 Å². The quantitative estimate of drug-likeness (QED) is 0.769. The molecule has 2 heterocycles. The highest BCUT2D eigenvalue weighted by Gasteiger charge is 2.07. The highest BCUT2D eigenvalue weighted by atomic mass is 16.5. The summed E-state index contributed by atoms with van der Waals surface area (Å²) in [6.07, 6.45) is 3.32. The van der Waals surface area contributed by atoms with Gasteiger partial charge in [-0.2, -0.15) is 0 Å². The summed E-state index contributed by atoms with van der Waals surface area (Å²) >= 11 is 0. The molecule has 0 aliphatic rings. The molecule has 3 aromatic rings. The molecule has 0 unspecified atom stereocenters. The third kappa shape index (κ3) is 2.95. The summed E-state index contributed by atoms with van der Waals surface area (Å²) in [5, 5.41) is 3.22.